The Kier molecular flexibility index (Phi) is 6.89. The van der Waals surface area contributed by atoms with Gasteiger partial charge in [0.2, 0.25) is 0 Å². The maximum Gasteiger partial charge on any atom is 0.255 e. The van der Waals surface area contributed by atoms with Gasteiger partial charge < -0.3 is 10.1 Å². The Balaban J connectivity index is 1.47. The molecular weight excluding hydrogens is 436 g/mol. The number of rotatable bonds is 7. The molecule has 1 saturated heterocycles. The van der Waals surface area contributed by atoms with E-state index in [1.165, 1.54) is 0 Å². The second-order valence-corrected chi connectivity index (χ2v) is 8.56. The first-order valence-corrected chi connectivity index (χ1v) is 11.8. The summed E-state index contributed by atoms with van der Waals surface area (Å²) in [7, 11) is 1.62. The standard InChI is InChI=1S/C30H28N2O3/c1-34-26-19-17-25(18-20-26)31-30(33)28-21-27(22-11-5-2-6-12-22)32(35-28)29(23-13-7-3-8-14-23)24-15-9-4-10-16-24/h2-20,27-29H,21H2,1H3,(H,31,33). The SMILES string of the molecule is COc1ccc(NC(=O)C2CC(c3ccccc3)N(C(c3ccccc3)c3ccccc3)O2)cc1. The van der Waals surface area contributed by atoms with Gasteiger partial charge in [0.1, 0.15) is 5.75 Å². The summed E-state index contributed by atoms with van der Waals surface area (Å²) in [5, 5.41) is 5.00. The van der Waals surface area contributed by atoms with Gasteiger partial charge in [-0.3, -0.25) is 9.63 Å². The average molecular weight is 465 g/mol. The van der Waals surface area contributed by atoms with Crippen molar-refractivity contribution in [2.45, 2.75) is 24.6 Å². The van der Waals surface area contributed by atoms with E-state index in [1.807, 2.05) is 83.9 Å². The van der Waals surface area contributed by atoms with Crippen LogP contribution in [-0.4, -0.2) is 24.2 Å². The van der Waals surface area contributed by atoms with E-state index in [4.69, 9.17) is 9.57 Å². The van der Waals surface area contributed by atoms with Crippen molar-refractivity contribution in [2.24, 2.45) is 0 Å². The quantitative estimate of drug-likeness (QED) is 0.355. The Bertz CT molecular complexity index is 1190. The van der Waals surface area contributed by atoms with E-state index in [0.29, 0.717) is 12.1 Å². The molecule has 176 valence electrons. The maximum absolute atomic E-state index is 13.3. The monoisotopic (exact) mass is 464 g/mol. The zero-order valence-corrected chi connectivity index (χ0v) is 19.6. The van der Waals surface area contributed by atoms with Crippen molar-refractivity contribution in [1.82, 2.24) is 5.06 Å². The van der Waals surface area contributed by atoms with Crippen LogP contribution in [0.15, 0.2) is 115 Å². The van der Waals surface area contributed by atoms with E-state index in [0.717, 1.165) is 22.4 Å². The summed E-state index contributed by atoms with van der Waals surface area (Å²) in [6.07, 6.45) is -0.0837. The number of nitrogens with one attached hydrogen (secondary N) is 1. The molecule has 1 fully saturated rings. The highest BCUT2D eigenvalue weighted by atomic mass is 16.7. The number of methoxy groups -OCH3 is 1. The molecule has 0 aliphatic carbocycles. The van der Waals surface area contributed by atoms with Gasteiger partial charge >= 0.3 is 0 Å². The number of hydrogen-bond acceptors (Lipinski definition) is 4. The van der Waals surface area contributed by atoms with E-state index in [1.54, 1.807) is 7.11 Å². The molecule has 2 atom stereocenters. The van der Waals surface area contributed by atoms with Gasteiger partial charge in [0.15, 0.2) is 6.10 Å². The first-order chi connectivity index (χ1) is 17.2. The molecule has 1 amide bonds. The zero-order valence-electron chi connectivity index (χ0n) is 19.6. The predicted molar refractivity (Wildman–Crippen MR) is 137 cm³/mol. The number of carbonyl (C=O) groups excluding carboxylic acids is 1. The largest absolute Gasteiger partial charge is 0.497 e. The molecule has 0 aromatic heterocycles. The van der Waals surface area contributed by atoms with Crippen LogP contribution in [-0.2, 0) is 9.63 Å². The number of ether oxygens (including phenoxy) is 1. The van der Waals surface area contributed by atoms with Crippen LogP contribution >= 0.6 is 0 Å². The molecule has 0 saturated carbocycles. The van der Waals surface area contributed by atoms with Crippen molar-refractivity contribution in [3.05, 3.63) is 132 Å². The summed E-state index contributed by atoms with van der Waals surface area (Å²) in [6.45, 7) is 0. The lowest BCUT2D eigenvalue weighted by Gasteiger charge is -2.32. The molecule has 1 aliphatic rings. The van der Waals surface area contributed by atoms with Crippen LogP contribution in [0, 0.1) is 0 Å². The van der Waals surface area contributed by atoms with Crippen LogP contribution in [0.25, 0.3) is 0 Å². The third-order valence-electron chi connectivity index (χ3n) is 6.31. The Morgan fingerprint density at radius 1 is 0.829 bits per heavy atom. The average Bonchev–Trinajstić information content (AvgIpc) is 3.36. The van der Waals surface area contributed by atoms with Crippen molar-refractivity contribution in [1.29, 1.82) is 0 Å². The summed E-state index contributed by atoms with van der Waals surface area (Å²) in [6, 6.07) is 37.9. The second kappa shape index (κ2) is 10.6. The summed E-state index contributed by atoms with van der Waals surface area (Å²) in [5.74, 6) is 0.572. The van der Waals surface area contributed by atoms with E-state index in [2.05, 4.69) is 41.7 Å². The summed E-state index contributed by atoms with van der Waals surface area (Å²) in [4.78, 5) is 19.8. The fourth-order valence-electron chi connectivity index (χ4n) is 4.58. The van der Waals surface area contributed by atoms with Crippen LogP contribution < -0.4 is 10.1 Å². The summed E-state index contributed by atoms with van der Waals surface area (Å²) in [5.41, 5.74) is 4.03. The number of hydroxylamine groups is 2. The molecule has 0 spiro atoms. The van der Waals surface area contributed by atoms with Gasteiger partial charge in [0.05, 0.1) is 19.2 Å². The van der Waals surface area contributed by atoms with Gasteiger partial charge in [0.25, 0.3) is 5.91 Å². The highest BCUT2D eigenvalue weighted by Crippen LogP contribution is 2.43. The summed E-state index contributed by atoms with van der Waals surface area (Å²) >= 11 is 0. The van der Waals surface area contributed by atoms with Crippen molar-refractivity contribution in [3.8, 4) is 5.75 Å². The van der Waals surface area contributed by atoms with Crippen LogP contribution in [0.3, 0.4) is 0 Å². The molecule has 5 rings (SSSR count). The lowest BCUT2D eigenvalue weighted by Crippen LogP contribution is -2.32. The first-order valence-electron chi connectivity index (χ1n) is 11.8. The zero-order chi connectivity index (χ0) is 24.0. The maximum atomic E-state index is 13.3. The molecule has 4 aromatic carbocycles. The molecule has 2 unspecified atom stereocenters. The highest BCUT2D eigenvalue weighted by molar-refractivity contribution is 5.94. The number of benzene rings is 4. The minimum Gasteiger partial charge on any atom is -0.497 e. The summed E-state index contributed by atoms with van der Waals surface area (Å²) < 4.78 is 5.22. The van der Waals surface area contributed by atoms with E-state index in [9.17, 15) is 4.79 Å². The molecule has 35 heavy (non-hydrogen) atoms. The minimum absolute atomic E-state index is 0.0896. The first kappa shape index (κ1) is 22.8. The second-order valence-electron chi connectivity index (χ2n) is 8.56. The number of anilines is 1. The minimum atomic E-state index is -0.628. The van der Waals surface area contributed by atoms with Crippen molar-refractivity contribution in [2.75, 3.05) is 12.4 Å². The van der Waals surface area contributed by atoms with E-state index < -0.39 is 6.10 Å². The van der Waals surface area contributed by atoms with Gasteiger partial charge in [-0.2, -0.15) is 5.06 Å². The number of amides is 1. The Labute approximate surface area is 205 Å². The van der Waals surface area contributed by atoms with Gasteiger partial charge in [-0.1, -0.05) is 91.0 Å². The molecule has 5 heteroatoms. The number of nitrogens with zero attached hydrogens (tertiary/aromatic N) is 1. The molecule has 1 N–H and O–H groups in total. The van der Waals surface area contributed by atoms with Crippen molar-refractivity contribution in [3.63, 3.8) is 0 Å². The Hall–Kier alpha value is -3.93. The van der Waals surface area contributed by atoms with Crippen LogP contribution in [0.1, 0.15) is 35.2 Å². The number of carbonyl (C=O) groups is 1. The van der Waals surface area contributed by atoms with Crippen LogP contribution in [0.4, 0.5) is 5.69 Å². The van der Waals surface area contributed by atoms with Crippen molar-refractivity contribution >= 4 is 11.6 Å². The molecular formula is C30H28N2O3. The molecule has 4 aromatic rings. The third kappa shape index (κ3) is 5.11. The van der Waals surface area contributed by atoms with Gasteiger partial charge in [0, 0.05) is 12.1 Å². The Morgan fingerprint density at radius 2 is 1.37 bits per heavy atom. The smallest absolute Gasteiger partial charge is 0.255 e. The fraction of sp³-hybridized carbons (Fsp3) is 0.167. The van der Waals surface area contributed by atoms with Gasteiger partial charge in [-0.25, -0.2) is 0 Å². The van der Waals surface area contributed by atoms with Crippen LogP contribution in [0.5, 0.6) is 5.75 Å². The van der Waals surface area contributed by atoms with Crippen molar-refractivity contribution < 1.29 is 14.4 Å². The molecule has 1 aliphatic heterocycles. The van der Waals surface area contributed by atoms with Gasteiger partial charge in [-0.05, 0) is 41.0 Å². The normalized spacial score (nSPS) is 17.9. The van der Waals surface area contributed by atoms with E-state index >= 15 is 0 Å². The molecule has 5 nitrogen and oxygen atoms in total. The van der Waals surface area contributed by atoms with Crippen LogP contribution in [0.2, 0.25) is 0 Å². The predicted octanol–water partition coefficient (Wildman–Crippen LogP) is 6.17. The molecule has 1 heterocycles. The highest BCUT2D eigenvalue weighted by Gasteiger charge is 2.43. The molecule has 0 radical (unpaired) electrons. The number of hydrogen-bond donors (Lipinski definition) is 1. The lowest BCUT2D eigenvalue weighted by molar-refractivity contribution is -0.186. The topological polar surface area (TPSA) is 50.8 Å². The lowest BCUT2D eigenvalue weighted by atomic mass is 9.94. The van der Waals surface area contributed by atoms with E-state index in [-0.39, 0.29) is 18.0 Å². The third-order valence-corrected chi connectivity index (χ3v) is 6.31. The van der Waals surface area contributed by atoms with Gasteiger partial charge in [-0.15, -0.1) is 0 Å². The molecule has 0 bridgehead atoms. The fourth-order valence-corrected chi connectivity index (χ4v) is 4.58. The Morgan fingerprint density at radius 3 is 1.91 bits per heavy atom.